The Morgan fingerprint density at radius 3 is 2.57 bits per heavy atom. The third kappa shape index (κ3) is 6.10. The first-order chi connectivity index (χ1) is 18.1. The number of rotatable bonds is 10. The highest BCUT2D eigenvalue weighted by Crippen LogP contribution is 2.33. The van der Waals surface area contributed by atoms with Gasteiger partial charge in [0.2, 0.25) is 12.7 Å². The summed E-state index contributed by atoms with van der Waals surface area (Å²) in [5.41, 5.74) is 3.42. The van der Waals surface area contributed by atoms with Crippen LogP contribution in [0.1, 0.15) is 46.0 Å². The molecule has 1 aliphatic rings. The van der Waals surface area contributed by atoms with Gasteiger partial charge in [0.1, 0.15) is 12.0 Å². The van der Waals surface area contributed by atoms with Crippen molar-refractivity contribution in [3.05, 3.63) is 107 Å². The van der Waals surface area contributed by atoms with E-state index in [1.807, 2.05) is 73.7 Å². The molecule has 8 nitrogen and oxygen atoms in total. The maximum atomic E-state index is 12.8. The first-order valence-electron chi connectivity index (χ1n) is 12.1. The van der Waals surface area contributed by atoms with Crippen molar-refractivity contribution in [2.75, 3.05) is 13.9 Å². The Balaban J connectivity index is 1.30. The van der Waals surface area contributed by atoms with Crippen LogP contribution in [0.5, 0.6) is 17.2 Å². The van der Waals surface area contributed by atoms with Crippen LogP contribution in [0.15, 0.2) is 83.5 Å². The van der Waals surface area contributed by atoms with Crippen molar-refractivity contribution in [3.8, 4) is 17.2 Å². The molecule has 3 aromatic carbocycles. The Morgan fingerprint density at radius 1 is 0.973 bits per heavy atom. The van der Waals surface area contributed by atoms with E-state index in [0.29, 0.717) is 25.5 Å². The summed E-state index contributed by atoms with van der Waals surface area (Å²) in [4.78, 5) is 19.5. The normalized spacial score (nSPS) is 12.9. The van der Waals surface area contributed by atoms with Gasteiger partial charge in [-0.3, -0.25) is 9.69 Å². The molecule has 0 saturated carbocycles. The van der Waals surface area contributed by atoms with Gasteiger partial charge in [0, 0.05) is 13.1 Å². The Kier molecular flexibility index (Phi) is 7.37. The predicted molar refractivity (Wildman–Crippen MR) is 137 cm³/mol. The molecule has 37 heavy (non-hydrogen) atoms. The fraction of sp³-hybridized carbons (Fsp3) is 0.241. The Bertz CT molecular complexity index is 1350. The van der Waals surface area contributed by atoms with E-state index in [4.69, 9.17) is 18.6 Å². The van der Waals surface area contributed by atoms with Gasteiger partial charge in [0.15, 0.2) is 17.2 Å². The van der Waals surface area contributed by atoms with Gasteiger partial charge >= 0.3 is 0 Å². The number of hydrogen-bond acceptors (Lipinski definition) is 7. The van der Waals surface area contributed by atoms with Crippen LogP contribution in [0, 0.1) is 0 Å². The topological polar surface area (TPSA) is 86.1 Å². The number of aromatic nitrogens is 1. The summed E-state index contributed by atoms with van der Waals surface area (Å²) in [6, 6.07) is 23.5. The van der Waals surface area contributed by atoms with Crippen molar-refractivity contribution < 1.29 is 23.4 Å². The van der Waals surface area contributed by atoms with Crippen LogP contribution >= 0.6 is 0 Å². The van der Waals surface area contributed by atoms with E-state index in [2.05, 4.69) is 21.3 Å². The lowest BCUT2D eigenvalue weighted by Gasteiger charge is -2.21. The number of amides is 1. The molecule has 0 aliphatic carbocycles. The first kappa shape index (κ1) is 24.4. The molecule has 8 heteroatoms. The van der Waals surface area contributed by atoms with E-state index in [1.54, 1.807) is 7.11 Å². The zero-order valence-corrected chi connectivity index (χ0v) is 20.8. The smallest absolute Gasteiger partial charge is 0.273 e. The van der Waals surface area contributed by atoms with E-state index in [1.165, 1.54) is 6.26 Å². The van der Waals surface area contributed by atoms with Gasteiger partial charge in [-0.25, -0.2) is 4.98 Å². The van der Waals surface area contributed by atoms with Crippen molar-refractivity contribution in [1.29, 1.82) is 0 Å². The van der Waals surface area contributed by atoms with Gasteiger partial charge < -0.3 is 23.9 Å². The lowest BCUT2D eigenvalue weighted by Crippen LogP contribution is -2.27. The molecule has 0 saturated heterocycles. The van der Waals surface area contributed by atoms with Gasteiger partial charge in [-0.2, -0.15) is 0 Å². The molecule has 4 aromatic rings. The number of carbonyl (C=O) groups excluding carboxylic acids is 1. The fourth-order valence-electron chi connectivity index (χ4n) is 4.27. The quantitative estimate of drug-likeness (QED) is 0.325. The molecule has 5 rings (SSSR count). The summed E-state index contributed by atoms with van der Waals surface area (Å²) in [6.07, 6.45) is 1.41. The minimum atomic E-state index is -0.276. The number of nitrogens with one attached hydrogen (secondary N) is 1. The molecule has 190 valence electrons. The SMILES string of the molecule is COc1cccc(CN(Cc2ccc3c(c2)OCO3)Cc2nc(C(=O)NC(C)c3ccccc3)co2)c1. The summed E-state index contributed by atoms with van der Waals surface area (Å²) in [5.74, 6) is 2.46. The van der Waals surface area contributed by atoms with E-state index < -0.39 is 0 Å². The van der Waals surface area contributed by atoms with Gasteiger partial charge in [-0.05, 0) is 47.9 Å². The Hall–Kier alpha value is -4.30. The third-order valence-electron chi connectivity index (χ3n) is 6.17. The van der Waals surface area contributed by atoms with Crippen molar-refractivity contribution >= 4 is 5.91 Å². The van der Waals surface area contributed by atoms with Crippen LogP contribution in [0.25, 0.3) is 0 Å². The van der Waals surface area contributed by atoms with Crippen LogP contribution in [-0.2, 0) is 19.6 Å². The van der Waals surface area contributed by atoms with E-state index in [0.717, 1.165) is 33.9 Å². The number of nitrogens with zero attached hydrogens (tertiary/aromatic N) is 2. The highest BCUT2D eigenvalue weighted by Gasteiger charge is 2.19. The van der Waals surface area contributed by atoms with Gasteiger partial charge in [0.25, 0.3) is 5.91 Å². The molecule has 1 unspecified atom stereocenters. The van der Waals surface area contributed by atoms with Crippen LogP contribution in [0.2, 0.25) is 0 Å². The number of hydrogen-bond donors (Lipinski definition) is 1. The number of carbonyl (C=O) groups is 1. The summed E-state index contributed by atoms with van der Waals surface area (Å²) in [5, 5.41) is 2.98. The molecule has 1 N–H and O–H groups in total. The number of oxazole rings is 1. The molecular weight excluding hydrogens is 470 g/mol. The molecule has 0 bridgehead atoms. The number of methoxy groups -OCH3 is 1. The summed E-state index contributed by atoms with van der Waals surface area (Å²) in [7, 11) is 1.65. The standard InChI is InChI=1S/C29H29N3O5/c1-20(23-8-4-3-5-9-23)30-29(33)25-18-35-28(31-25)17-32(15-21-7-6-10-24(13-21)34-2)16-22-11-12-26-27(14-22)37-19-36-26/h3-14,18,20H,15-17,19H2,1-2H3,(H,30,33). The zero-order valence-electron chi connectivity index (χ0n) is 20.8. The molecule has 1 aromatic heterocycles. The maximum Gasteiger partial charge on any atom is 0.273 e. The number of benzene rings is 3. The largest absolute Gasteiger partial charge is 0.497 e. The number of fused-ring (bicyclic) bond motifs is 1. The lowest BCUT2D eigenvalue weighted by atomic mass is 10.1. The van der Waals surface area contributed by atoms with Gasteiger partial charge in [-0.1, -0.05) is 48.5 Å². The first-order valence-corrected chi connectivity index (χ1v) is 12.1. The average molecular weight is 500 g/mol. The fourth-order valence-corrected chi connectivity index (χ4v) is 4.27. The second-order valence-corrected chi connectivity index (χ2v) is 8.92. The monoisotopic (exact) mass is 499 g/mol. The minimum absolute atomic E-state index is 0.149. The molecule has 1 aliphatic heterocycles. The highest BCUT2D eigenvalue weighted by molar-refractivity contribution is 5.92. The van der Waals surface area contributed by atoms with Crippen LogP contribution in [0.3, 0.4) is 0 Å². The number of ether oxygens (including phenoxy) is 3. The van der Waals surface area contributed by atoms with Gasteiger partial charge in [0.05, 0.1) is 19.7 Å². The van der Waals surface area contributed by atoms with E-state index in [9.17, 15) is 4.79 Å². The molecule has 0 radical (unpaired) electrons. The lowest BCUT2D eigenvalue weighted by molar-refractivity contribution is 0.0934. The van der Waals surface area contributed by atoms with Crippen molar-refractivity contribution in [2.45, 2.75) is 32.6 Å². The highest BCUT2D eigenvalue weighted by atomic mass is 16.7. The summed E-state index contributed by atoms with van der Waals surface area (Å²) in [6.45, 7) is 3.82. The summed E-state index contributed by atoms with van der Waals surface area (Å²) >= 11 is 0. The van der Waals surface area contributed by atoms with E-state index >= 15 is 0 Å². The van der Waals surface area contributed by atoms with Crippen LogP contribution in [0.4, 0.5) is 0 Å². The Morgan fingerprint density at radius 2 is 1.76 bits per heavy atom. The molecule has 2 heterocycles. The predicted octanol–water partition coefficient (Wildman–Crippen LogP) is 5.11. The van der Waals surface area contributed by atoms with Crippen LogP contribution < -0.4 is 19.5 Å². The Labute approximate surface area is 215 Å². The summed E-state index contributed by atoms with van der Waals surface area (Å²) < 4.78 is 22.1. The third-order valence-corrected chi connectivity index (χ3v) is 6.17. The average Bonchev–Trinajstić information content (AvgIpc) is 3.59. The molecule has 0 fully saturated rings. The maximum absolute atomic E-state index is 12.8. The zero-order chi connectivity index (χ0) is 25.6. The minimum Gasteiger partial charge on any atom is -0.497 e. The second-order valence-electron chi connectivity index (χ2n) is 8.92. The molecule has 1 amide bonds. The molecule has 0 spiro atoms. The van der Waals surface area contributed by atoms with Crippen molar-refractivity contribution in [2.24, 2.45) is 0 Å². The van der Waals surface area contributed by atoms with Crippen molar-refractivity contribution in [3.63, 3.8) is 0 Å². The van der Waals surface area contributed by atoms with Crippen molar-refractivity contribution in [1.82, 2.24) is 15.2 Å². The van der Waals surface area contributed by atoms with Crippen LogP contribution in [-0.4, -0.2) is 29.7 Å². The molecular formula is C29H29N3O5. The van der Waals surface area contributed by atoms with E-state index in [-0.39, 0.29) is 24.4 Å². The molecule has 1 atom stereocenters. The van der Waals surface area contributed by atoms with Gasteiger partial charge in [-0.15, -0.1) is 0 Å². The second kappa shape index (κ2) is 11.2.